The molecule has 0 spiro atoms. The highest BCUT2D eigenvalue weighted by atomic mass is 15.2. The van der Waals surface area contributed by atoms with E-state index in [4.69, 9.17) is 0 Å². The summed E-state index contributed by atoms with van der Waals surface area (Å²) in [5.74, 6) is 0. The van der Waals surface area contributed by atoms with Gasteiger partial charge in [-0.1, -0.05) is 203 Å². The second-order valence-electron chi connectivity index (χ2n) is 20.2. The van der Waals surface area contributed by atoms with Crippen LogP contribution >= 0.6 is 0 Å². The van der Waals surface area contributed by atoms with Crippen LogP contribution in [0.3, 0.4) is 0 Å². The summed E-state index contributed by atoms with van der Waals surface area (Å²) in [7, 11) is 0. The lowest BCUT2D eigenvalue weighted by Crippen LogP contribution is -2.20. The first kappa shape index (κ1) is 47.2. The van der Waals surface area contributed by atoms with Gasteiger partial charge in [0, 0.05) is 17.1 Å². The summed E-state index contributed by atoms with van der Waals surface area (Å²) in [4.78, 5) is 2.49. The molecule has 0 bridgehead atoms. The lowest BCUT2D eigenvalue weighted by Gasteiger charge is -2.32. The zero-order chi connectivity index (χ0) is 42.4. The van der Waals surface area contributed by atoms with Gasteiger partial charge in [0.1, 0.15) is 0 Å². The fourth-order valence-corrected chi connectivity index (χ4v) is 8.81. The van der Waals surface area contributed by atoms with Gasteiger partial charge in [0.25, 0.3) is 0 Å². The van der Waals surface area contributed by atoms with Crippen molar-refractivity contribution in [2.24, 2.45) is 0 Å². The van der Waals surface area contributed by atoms with Crippen molar-refractivity contribution in [1.29, 1.82) is 0 Å². The fourth-order valence-electron chi connectivity index (χ4n) is 8.81. The highest BCUT2D eigenvalue weighted by Crippen LogP contribution is 2.44. The molecule has 4 rings (SSSR count). The minimum Gasteiger partial charge on any atom is -0.354 e. The summed E-state index contributed by atoms with van der Waals surface area (Å²) in [6, 6.07) is 35.5. The molecular weight excluding hydrogens is 701 g/mol. The van der Waals surface area contributed by atoms with Gasteiger partial charge in [-0.3, -0.25) is 0 Å². The molecule has 0 atom stereocenters. The molecule has 0 saturated carbocycles. The zero-order valence-electron chi connectivity index (χ0n) is 39.4. The quantitative estimate of drug-likeness (QED) is 0.0674. The van der Waals surface area contributed by atoms with Crippen molar-refractivity contribution in [2.75, 3.05) is 10.2 Å². The van der Waals surface area contributed by atoms with Gasteiger partial charge in [-0.2, -0.15) is 0 Å². The van der Waals surface area contributed by atoms with Crippen molar-refractivity contribution in [3.8, 4) is 0 Å². The number of benzene rings is 4. The van der Waals surface area contributed by atoms with E-state index in [0.29, 0.717) is 0 Å². The topological polar surface area (TPSA) is 15.3 Å². The van der Waals surface area contributed by atoms with Crippen LogP contribution in [0.1, 0.15) is 208 Å². The van der Waals surface area contributed by atoms with Crippen molar-refractivity contribution in [1.82, 2.24) is 0 Å². The molecule has 4 aromatic rings. The number of unbranched alkanes of at least 4 members (excludes halogenated alkanes) is 8. The smallest absolute Gasteiger partial charge is 0.0696 e. The van der Waals surface area contributed by atoms with Crippen LogP contribution < -0.4 is 10.2 Å². The second kappa shape index (κ2) is 21.7. The summed E-state index contributed by atoms with van der Waals surface area (Å²) >= 11 is 0. The Balaban J connectivity index is 1.84. The molecule has 2 nitrogen and oxygen atoms in total. The number of hydrogen-bond acceptors (Lipinski definition) is 2. The molecule has 1 N–H and O–H groups in total. The minimum absolute atomic E-state index is 0.0668. The average Bonchev–Trinajstić information content (AvgIpc) is 3.19. The van der Waals surface area contributed by atoms with Crippen LogP contribution in [0, 0.1) is 0 Å². The summed E-state index contributed by atoms with van der Waals surface area (Å²) in [5.41, 5.74) is 11.9. The maximum Gasteiger partial charge on any atom is 0.0696 e. The normalized spacial score (nSPS) is 12.6. The first-order valence-electron chi connectivity index (χ1n) is 23.6. The third kappa shape index (κ3) is 13.0. The van der Waals surface area contributed by atoms with Crippen molar-refractivity contribution in [3.05, 3.63) is 113 Å². The summed E-state index contributed by atoms with van der Waals surface area (Å²) < 4.78 is 0. The van der Waals surface area contributed by atoms with Crippen LogP contribution in [-0.4, -0.2) is 0 Å². The third-order valence-electron chi connectivity index (χ3n) is 13.4. The number of hydrogen-bond donors (Lipinski definition) is 1. The van der Waals surface area contributed by atoms with Crippen LogP contribution in [0.25, 0.3) is 0 Å². The molecule has 58 heavy (non-hydrogen) atoms. The monoisotopic (exact) mass is 785 g/mol. The summed E-state index contributed by atoms with van der Waals surface area (Å²) in [6.45, 7) is 28.5. The van der Waals surface area contributed by atoms with Crippen molar-refractivity contribution < 1.29 is 0 Å². The van der Waals surface area contributed by atoms with Crippen LogP contribution in [0.5, 0.6) is 0 Å². The van der Waals surface area contributed by atoms with E-state index in [0.717, 1.165) is 11.4 Å². The first-order valence-corrected chi connectivity index (χ1v) is 23.6. The van der Waals surface area contributed by atoms with E-state index in [1.807, 2.05) is 0 Å². The maximum absolute atomic E-state index is 3.99. The number of anilines is 5. The van der Waals surface area contributed by atoms with Crippen LogP contribution in [0.15, 0.2) is 91.0 Å². The van der Waals surface area contributed by atoms with Gasteiger partial charge in [0.15, 0.2) is 0 Å². The van der Waals surface area contributed by atoms with E-state index < -0.39 is 0 Å². The molecule has 0 heterocycles. The van der Waals surface area contributed by atoms with E-state index in [2.05, 4.69) is 184 Å². The predicted molar refractivity (Wildman–Crippen MR) is 260 cm³/mol. The molecule has 4 aromatic carbocycles. The van der Waals surface area contributed by atoms with Gasteiger partial charge in [-0.05, 0) is 118 Å². The van der Waals surface area contributed by atoms with Gasteiger partial charge in [0.05, 0.1) is 11.4 Å². The molecule has 0 saturated heterocycles. The van der Waals surface area contributed by atoms with E-state index in [9.17, 15) is 0 Å². The van der Waals surface area contributed by atoms with Crippen molar-refractivity contribution >= 4 is 28.4 Å². The Bertz CT molecular complexity index is 1710. The Morgan fingerprint density at radius 2 is 0.690 bits per heavy atom. The number of rotatable bonds is 25. The van der Waals surface area contributed by atoms with Crippen LogP contribution in [0.4, 0.5) is 28.4 Å². The van der Waals surface area contributed by atoms with Crippen LogP contribution in [0.2, 0.25) is 0 Å². The molecule has 0 aliphatic carbocycles. The van der Waals surface area contributed by atoms with E-state index in [1.165, 1.54) is 142 Å². The molecule has 318 valence electrons. The standard InChI is InChI=1S/C56H84N2/c1-13-17-21-39-53(5,6)44-25-32-48(33-26-44)57-51-43-47(56(11,12)42-24-20-16-4)31-38-52(51)58(49-34-27-45(28-35-49)54(7,8)40-22-18-14-2)50-36-29-46(30-37-50)55(9,10)41-23-19-15-3/h25-38,43,57H,13-24,39-42H2,1-12H3. The molecule has 0 aliphatic heterocycles. The van der Waals surface area contributed by atoms with E-state index in [1.54, 1.807) is 0 Å². The van der Waals surface area contributed by atoms with Crippen molar-refractivity contribution in [2.45, 2.75) is 207 Å². The Morgan fingerprint density at radius 1 is 0.379 bits per heavy atom. The Hall–Kier alpha value is -3.52. The van der Waals surface area contributed by atoms with Gasteiger partial charge in [0.2, 0.25) is 0 Å². The molecule has 0 aliphatic rings. The second-order valence-corrected chi connectivity index (χ2v) is 20.2. The molecule has 0 radical (unpaired) electrons. The van der Waals surface area contributed by atoms with Gasteiger partial charge >= 0.3 is 0 Å². The molecular formula is C56H84N2. The SMILES string of the molecule is CCCCCC(C)(C)c1ccc(Nc2cc(C(C)(C)CCCCC)ccc2N(c2ccc(C(C)(C)CCCCC)cc2)c2ccc(C(C)(C)CCCCC)cc2)cc1. The lowest BCUT2D eigenvalue weighted by atomic mass is 9.79. The molecule has 0 amide bonds. The third-order valence-corrected chi connectivity index (χ3v) is 13.4. The Morgan fingerprint density at radius 3 is 1.03 bits per heavy atom. The Kier molecular flexibility index (Phi) is 17.6. The van der Waals surface area contributed by atoms with Gasteiger partial charge < -0.3 is 10.2 Å². The van der Waals surface area contributed by atoms with Crippen molar-refractivity contribution in [3.63, 3.8) is 0 Å². The number of nitrogens with one attached hydrogen (secondary N) is 1. The van der Waals surface area contributed by atoms with Crippen LogP contribution in [-0.2, 0) is 21.7 Å². The number of nitrogens with zero attached hydrogens (tertiary/aromatic N) is 1. The predicted octanol–water partition coefficient (Wildman–Crippen LogP) is 18.3. The maximum atomic E-state index is 3.99. The average molecular weight is 785 g/mol. The molecule has 0 unspecified atom stereocenters. The first-order chi connectivity index (χ1) is 27.6. The summed E-state index contributed by atoms with van der Waals surface area (Å²) in [5, 5.41) is 3.99. The molecule has 0 aromatic heterocycles. The molecule has 0 fully saturated rings. The highest BCUT2D eigenvalue weighted by Gasteiger charge is 2.27. The minimum atomic E-state index is 0.0668. The largest absolute Gasteiger partial charge is 0.354 e. The Labute approximate surface area is 358 Å². The lowest BCUT2D eigenvalue weighted by molar-refractivity contribution is 0.450. The molecule has 2 heteroatoms. The summed E-state index contributed by atoms with van der Waals surface area (Å²) in [6.07, 6.45) is 20.0. The van der Waals surface area contributed by atoms with E-state index >= 15 is 0 Å². The fraction of sp³-hybridized carbons (Fsp3) is 0.571. The van der Waals surface area contributed by atoms with Gasteiger partial charge in [-0.25, -0.2) is 0 Å². The highest BCUT2D eigenvalue weighted by molar-refractivity contribution is 5.87. The van der Waals surface area contributed by atoms with E-state index in [-0.39, 0.29) is 21.7 Å². The van der Waals surface area contributed by atoms with Gasteiger partial charge in [-0.15, -0.1) is 0 Å². The zero-order valence-corrected chi connectivity index (χ0v) is 39.4.